The van der Waals surface area contributed by atoms with E-state index in [4.69, 9.17) is 4.74 Å². The maximum absolute atomic E-state index is 12.1. The summed E-state index contributed by atoms with van der Waals surface area (Å²) < 4.78 is 67.3. The molecule has 2 aliphatic rings. The molecule has 0 amide bonds. The van der Waals surface area contributed by atoms with E-state index in [0.29, 0.717) is 19.3 Å². The molecule has 8 heteroatoms. The molecule has 2 rings (SSSR count). The fraction of sp³-hybridized carbons (Fsp3) is 1.00. The third-order valence-corrected chi connectivity index (χ3v) is 3.93. The highest BCUT2D eigenvalue weighted by atomic mass is 32.2. The number of ether oxygens (including phenoxy) is 1. The van der Waals surface area contributed by atoms with Crippen LogP contribution in [0.4, 0.5) is 13.2 Å². The van der Waals surface area contributed by atoms with E-state index >= 15 is 0 Å². The molecule has 0 saturated carbocycles. The highest BCUT2D eigenvalue weighted by molar-refractivity contribution is 7.87. The van der Waals surface area contributed by atoms with Gasteiger partial charge in [-0.1, -0.05) is 0 Å². The van der Waals surface area contributed by atoms with E-state index < -0.39 is 27.8 Å². The van der Waals surface area contributed by atoms with Crippen molar-refractivity contribution in [3.63, 3.8) is 0 Å². The molecule has 2 saturated heterocycles. The van der Waals surface area contributed by atoms with Crippen molar-refractivity contribution in [3.8, 4) is 0 Å². The Kier molecular flexibility index (Phi) is 2.92. The van der Waals surface area contributed by atoms with Crippen molar-refractivity contribution in [2.24, 2.45) is 0 Å². The van der Waals surface area contributed by atoms with Gasteiger partial charge in [0.05, 0.1) is 12.2 Å². The molecular formula is C8H11F3O4S. The zero-order valence-electron chi connectivity index (χ0n) is 8.24. The minimum absolute atomic E-state index is 0.0541. The molecule has 2 heterocycles. The number of alkyl halides is 3. The Morgan fingerprint density at radius 2 is 1.75 bits per heavy atom. The van der Waals surface area contributed by atoms with Crippen LogP contribution in [0.5, 0.6) is 0 Å². The van der Waals surface area contributed by atoms with Crippen molar-refractivity contribution in [3.05, 3.63) is 0 Å². The lowest BCUT2D eigenvalue weighted by Crippen LogP contribution is -2.39. The van der Waals surface area contributed by atoms with Gasteiger partial charge in [-0.25, -0.2) is 0 Å². The average molecular weight is 260 g/mol. The van der Waals surface area contributed by atoms with Crippen LogP contribution in [0.2, 0.25) is 0 Å². The Balaban J connectivity index is 2.05. The first-order valence-electron chi connectivity index (χ1n) is 4.94. The lowest BCUT2D eigenvalue weighted by Gasteiger charge is -2.28. The van der Waals surface area contributed by atoms with Gasteiger partial charge in [0.2, 0.25) is 0 Å². The van der Waals surface area contributed by atoms with Gasteiger partial charge in [0, 0.05) is 0 Å². The van der Waals surface area contributed by atoms with Gasteiger partial charge in [0.25, 0.3) is 0 Å². The Morgan fingerprint density at radius 3 is 2.38 bits per heavy atom. The third-order valence-electron chi connectivity index (χ3n) is 2.86. The van der Waals surface area contributed by atoms with E-state index in [1.165, 1.54) is 0 Å². The summed E-state index contributed by atoms with van der Waals surface area (Å²) in [6.07, 6.45) is 0.707. The highest BCUT2D eigenvalue weighted by Crippen LogP contribution is 2.36. The zero-order chi connectivity index (χ0) is 12.0. The largest absolute Gasteiger partial charge is 0.523 e. The number of rotatable bonds is 2. The standard InChI is InChI=1S/C8H11F3O4S/c9-8(10,11)16(12,13)15-7-4-2-5-1-3-6(7)14-5/h5-7H,1-4H2. The molecule has 2 fully saturated rings. The molecule has 3 unspecified atom stereocenters. The molecule has 94 valence electrons. The summed E-state index contributed by atoms with van der Waals surface area (Å²) in [7, 11) is -5.50. The Morgan fingerprint density at radius 1 is 1.12 bits per heavy atom. The van der Waals surface area contributed by atoms with Crippen molar-refractivity contribution in [1.82, 2.24) is 0 Å². The summed E-state index contributed by atoms with van der Waals surface area (Å²) in [4.78, 5) is 0. The van der Waals surface area contributed by atoms with Gasteiger partial charge in [-0.05, 0) is 25.7 Å². The summed E-state index contributed by atoms with van der Waals surface area (Å²) >= 11 is 0. The molecule has 2 aliphatic heterocycles. The van der Waals surface area contributed by atoms with Crippen LogP contribution in [0.15, 0.2) is 0 Å². The van der Waals surface area contributed by atoms with Gasteiger partial charge in [-0.3, -0.25) is 4.18 Å². The van der Waals surface area contributed by atoms with Gasteiger partial charge in [0.15, 0.2) is 0 Å². The molecule has 16 heavy (non-hydrogen) atoms. The molecule has 4 nitrogen and oxygen atoms in total. The summed E-state index contributed by atoms with van der Waals surface area (Å²) in [6, 6.07) is 0. The highest BCUT2D eigenvalue weighted by Gasteiger charge is 2.50. The summed E-state index contributed by atoms with van der Waals surface area (Å²) in [5.74, 6) is 0. The first kappa shape index (κ1) is 12.1. The second-order valence-corrected chi connectivity index (χ2v) is 5.55. The molecule has 2 bridgehead atoms. The van der Waals surface area contributed by atoms with Gasteiger partial charge >= 0.3 is 15.6 Å². The quantitative estimate of drug-likeness (QED) is 0.558. The summed E-state index contributed by atoms with van der Waals surface area (Å²) in [5, 5.41) is 0. The normalized spacial score (nSPS) is 35.3. The van der Waals surface area contributed by atoms with Crippen LogP contribution in [-0.4, -0.2) is 32.2 Å². The molecule has 0 aromatic rings. The van der Waals surface area contributed by atoms with Crippen LogP contribution < -0.4 is 0 Å². The number of fused-ring (bicyclic) bond motifs is 2. The second-order valence-electron chi connectivity index (χ2n) is 3.99. The van der Waals surface area contributed by atoms with Crippen molar-refractivity contribution in [2.75, 3.05) is 0 Å². The van der Waals surface area contributed by atoms with Crippen LogP contribution in [0.3, 0.4) is 0 Å². The predicted octanol–water partition coefficient (Wildman–Crippen LogP) is 1.56. The zero-order valence-corrected chi connectivity index (χ0v) is 9.05. The molecule has 3 atom stereocenters. The first-order chi connectivity index (χ1) is 7.29. The number of hydrogen-bond donors (Lipinski definition) is 0. The van der Waals surface area contributed by atoms with Gasteiger partial charge < -0.3 is 4.74 Å². The first-order valence-corrected chi connectivity index (χ1v) is 6.35. The Labute approximate surface area is 90.8 Å². The third kappa shape index (κ3) is 2.18. The topological polar surface area (TPSA) is 52.6 Å². The SMILES string of the molecule is O=S(=O)(OC1CCC2CCC1O2)C(F)(F)F. The molecule has 0 radical (unpaired) electrons. The summed E-state index contributed by atoms with van der Waals surface area (Å²) in [6.45, 7) is 0. The van der Waals surface area contributed by atoms with Crippen molar-refractivity contribution < 1.29 is 30.5 Å². The predicted molar refractivity (Wildman–Crippen MR) is 47.0 cm³/mol. The van der Waals surface area contributed by atoms with E-state index in [1.807, 2.05) is 0 Å². The van der Waals surface area contributed by atoms with Crippen molar-refractivity contribution >= 4 is 10.1 Å². The minimum Gasteiger partial charge on any atom is -0.372 e. The maximum Gasteiger partial charge on any atom is 0.523 e. The van der Waals surface area contributed by atoms with E-state index in [-0.39, 0.29) is 6.10 Å². The van der Waals surface area contributed by atoms with Crippen LogP contribution in [-0.2, 0) is 19.0 Å². The summed E-state index contributed by atoms with van der Waals surface area (Å²) in [5.41, 5.74) is -5.36. The monoisotopic (exact) mass is 260 g/mol. The van der Waals surface area contributed by atoms with E-state index in [9.17, 15) is 21.6 Å². The molecule has 0 aromatic carbocycles. The van der Waals surface area contributed by atoms with E-state index in [1.54, 1.807) is 0 Å². The lowest BCUT2D eigenvalue weighted by molar-refractivity contribution is -0.0859. The van der Waals surface area contributed by atoms with E-state index in [2.05, 4.69) is 4.18 Å². The Bertz CT molecular complexity index is 364. The minimum atomic E-state index is -5.50. The molecule has 0 spiro atoms. The van der Waals surface area contributed by atoms with Crippen LogP contribution >= 0.6 is 0 Å². The number of halogens is 3. The average Bonchev–Trinajstić information content (AvgIpc) is 2.52. The number of hydrogen-bond acceptors (Lipinski definition) is 4. The molecule has 0 aromatic heterocycles. The second kappa shape index (κ2) is 3.85. The molecule has 0 N–H and O–H groups in total. The van der Waals surface area contributed by atoms with Crippen LogP contribution in [0, 0.1) is 0 Å². The fourth-order valence-electron chi connectivity index (χ4n) is 2.08. The maximum atomic E-state index is 12.1. The van der Waals surface area contributed by atoms with E-state index in [0.717, 1.165) is 6.42 Å². The molecule has 0 aliphatic carbocycles. The van der Waals surface area contributed by atoms with Gasteiger partial charge in [-0.15, -0.1) is 0 Å². The van der Waals surface area contributed by atoms with Crippen molar-refractivity contribution in [1.29, 1.82) is 0 Å². The van der Waals surface area contributed by atoms with Crippen LogP contribution in [0.25, 0.3) is 0 Å². The van der Waals surface area contributed by atoms with Crippen LogP contribution in [0.1, 0.15) is 25.7 Å². The Hall–Kier alpha value is -0.340. The molecular weight excluding hydrogens is 249 g/mol. The van der Waals surface area contributed by atoms with Gasteiger partial charge in [-0.2, -0.15) is 21.6 Å². The lowest BCUT2D eigenvalue weighted by atomic mass is 10.1. The van der Waals surface area contributed by atoms with Crippen molar-refractivity contribution in [2.45, 2.75) is 49.5 Å². The fourth-order valence-corrected chi connectivity index (χ4v) is 2.74. The van der Waals surface area contributed by atoms with Gasteiger partial charge in [0.1, 0.15) is 6.10 Å². The smallest absolute Gasteiger partial charge is 0.372 e.